The normalized spacial score (nSPS) is 11.8. The summed E-state index contributed by atoms with van der Waals surface area (Å²) in [6, 6.07) is 7.84. The van der Waals surface area contributed by atoms with Crippen molar-refractivity contribution in [3.8, 4) is 0 Å². The topological polar surface area (TPSA) is 0 Å². The zero-order chi connectivity index (χ0) is 21.5. The van der Waals surface area contributed by atoms with E-state index in [2.05, 4.69) is 0 Å². The summed E-state index contributed by atoms with van der Waals surface area (Å²) in [4.78, 5) is 0. The maximum atomic E-state index is 14.7. The summed E-state index contributed by atoms with van der Waals surface area (Å²) in [6.07, 6.45) is 0.970. The van der Waals surface area contributed by atoms with Crippen LogP contribution in [0.5, 0.6) is 0 Å². The maximum absolute atomic E-state index is 14.7. The van der Waals surface area contributed by atoms with Gasteiger partial charge < -0.3 is 0 Å². The fraction of sp³-hybridized carbons (Fsp3) is 0.130. The zero-order valence-corrected chi connectivity index (χ0v) is 15.8. The Hall–Kier alpha value is -3.02. The third-order valence-electron chi connectivity index (χ3n) is 4.62. The highest BCUT2D eigenvalue weighted by Gasteiger charge is 2.27. The van der Waals surface area contributed by atoms with Gasteiger partial charge in [-0.3, -0.25) is 0 Å². The van der Waals surface area contributed by atoms with Gasteiger partial charge in [0.05, 0.1) is 5.56 Å². The second kappa shape index (κ2) is 7.78. The molecule has 0 amide bonds. The number of aryl methyl sites for hydroxylation is 2. The molecule has 0 unspecified atom stereocenters. The number of halogens is 6. The van der Waals surface area contributed by atoms with Crippen molar-refractivity contribution in [2.75, 3.05) is 0 Å². The molecule has 150 valence electrons. The van der Waals surface area contributed by atoms with Gasteiger partial charge >= 0.3 is 0 Å². The Labute approximate surface area is 164 Å². The van der Waals surface area contributed by atoms with Gasteiger partial charge in [-0.2, -0.15) is 0 Å². The highest BCUT2D eigenvalue weighted by molar-refractivity contribution is 5.92. The first-order valence-corrected chi connectivity index (χ1v) is 8.69. The van der Waals surface area contributed by atoms with Crippen molar-refractivity contribution in [2.24, 2.45) is 0 Å². The molecule has 0 saturated heterocycles. The molecule has 0 bridgehead atoms. The van der Waals surface area contributed by atoms with Crippen LogP contribution in [0.3, 0.4) is 0 Å². The van der Waals surface area contributed by atoms with Gasteiger partial charge in [-0.05, 0) is 55.7 Å². The third-order valence-corrected chi connectivity index (χ3v) is 4.62. The van der Waals surface area contributed by atoms with Gasteiger partial charge in [0.25, 0.3) is 0 Å². The molecule has 6 heteroatoms. The van der Waals surface area contributed by atoms with Gasteiger partial charge in [0.1, 0.15) is 11.6 Å². The van der Waals surface area contributed by atoms with Gasteiger partial charge in [-0.15, -0.1) is 0 Å². The van der Waals surface area contributed by atoms with E-state index in [1.54, 1.807) is 19.9 Å². The predicted octanol–water partition coefficient (Wildman–Crippen LogP) is 7.04. The van der Waals surface area contributed by atoms with E-state index in [1.165, 1.54) is 24.3 Å². The van der Waals surface area contributed by atoms with Gasteiger partial charge in [0.2, 0.25) is 0 Å². The van der Waals surface area contributed by atoms with Crippen LogP contribution < -0.4 is 0 Å². The molecule has 0 N–H and O–H groups in total. The quantitative estimate of drug-likeness (QED) is 0.249. The van der Waals surface area contributed by atoms with Crippen molar-refractivity contribution < 1.29 is 26.3 Å². The Morgan fingerprint density at radius 1 is 0.655 bits per heavy atom. The second-order valence-electron chi connectivity index (χ2n) is 6.82. The van der Waals surface area contributed by atoms with Crippen LogP contribution in [-0.2, 0) is 0 Å². The lowest BCUT2D eigenvalue weighted by Crippen LogP contribution is -2.07. The first kappa shape index (κ1) is 20.7. The van der Waals surface area contributed by atoms with E-state index in [1.807, 2.05) is 0 Å². The minimum atomic E-state index is -1.68. The van der Waals surface area contributed by atoms with Crippen molar-refractivity contribution in [3.63, 3.8) is 0 Å². The van der Waals surface area contributed by atoms with Crippen LogP contribution in [0.4, 0.5) is 26.3 Å². The van der Waals surface area contributed by atoms with Gasteiger partial charge in [-0.1, -0.05) is 24.3 Å². The van der Waals surface area contributed by atoms with Gasteiger partial charge in [0, 0.05) is 16.7 Å². The van der Waals surface area contributed by atoms with Crippen molar-refractivity contribution >= 4 is 11.6 Å². The van der Waals surface area contributed by atoms with Crippen LogP contribution >= 0.6 is 0 Å². The largest absolute Gasteiger partial charge is 0.206 e. The Kier molecular flexibility index (Phi) is 5.55. The van der Waals surface area contributed by atoms with Crippen LogP contribution in [0, 0.1) is 55.7 Å². The van der Waals surface area contributed by atoms with E-state index in [0.29, 0.717) is 11.1 Å². The average Bonchev–Trinajstić information content (AvgIpc) is 2.66. The molecule has 0 fully saturated rings. The lowest BCUT2D eigenvalue weighted by atomic mass is 9.92. The standard InChI is InChI=1S/C23H16F6/c1-11-4-6-14(17(24)8-11)10-16(15-7-5-12(2)9-18(15)25)19-22(28)20(26)13(3)21(27)23(19)29/h4-10H,1-3H3/b16-10-. The molecule has 29 heavy (non-hydrogen) atoms. The molecule has 0 atom stereocenters. The minimum absolute atomic E-state index is 0.120. The fourth-order valence-corrected chi connectivity index (χ4v) is 3.01. The number of benzene rings is 3. The molecular weight excluding hydrogens is 390 g/mol. The third kappa shape index (κ3) is 3.79. The Morgan fingerprint density at radius 3 is 1.69 bits per heavy atom. The summed E-state index contributed by atoms with van der Waals surface area (Å²) in [5.41, 5.74) is -1.79. The lowest BCUT2D eigenvalue weighted by Gasteiger charge is -2.15. The summed E-state index contributed by atoms with van der Waals surface area (Å²) >= 11 is 0. The van der Waals surface area contributed by atoms with Crippen LogP contribution in [0.15, 0.2) is 36.4 Å². The van der Waals surface area contributed by atoms with E-state index in [-0.39, 0.29) is 11.1 Å². The van der Waals surface area contributed by atoms with Crippen LogP contribution in [0.2, 0.25) is 0 Å². The maximum Gasteiger partial charge on any atom is 0.170 e. The SMILES string of the molecule is Cc1ccc(/C=C(/c2ccc(C)cc2F)c2c(F)c(F)c(C)c(F)c2F)c(F)c1. The molecule has 0 saturated carbocycles. The van der Waals surface area contributed by atoms with Crippen LogP contribution in [0.1, 0.15) is 33.4 Å². The van der Waals surface area contributed by atoms with E-state index in [0.717, 1.165) is 19.1 Å². The molecule has 0 heterocycles. The molecular formula is C23H16F6. The van der Waals surface area contributed by atoms with Crippen molar-refractivity contribution in [3.05, 3.63) is 105 Å². The number of rotatable bonds is 3. The molecule has 0 radical (unpaired) electrons. The molecule has 3 rings (SSSR count). The molecule has 0 spiro atoms. The highest BCUT2D eigenvalue weighted by atomic mass is 19.2. The molecule has 0 aliphatic heterocycles. The molecule has 3 aromatic rings. The van der Waals surface area contributed by atoms with Gasteiger partial charge in [-0.25, -0.2) is 26.3 Å². The van der Waals surface area contributed by atoms with Crippen molar-refractivity contribution in [2.45, 2.75) is 20.8 Å². The summed E-state index contributed by atoms with van der Waals surface area (Å²) in [5, 5.41) is 0. The monoisotopic (exact) mass is 406 g/mol. The van der Waals surface area contributed by atoms with Gasteiger partial charge in [0.15, 0.2) is 23.3 Å². The fourth-order valence-electron chi connectivity index (χ4n) is 3.01. The lowest BCUT2D eigenvalue weighted by molar-refractivity contribution is 0.441. The first-order chi connectivity index (χ1) is 13.6. The van der Waals surface area contributed by atoms with Crippen molar-refractivity contribution in [1.29, 1.82) is 0 Å². The molecule has 0 nitrogen and oxygen atoms in total. The van der Waals surface area contributed by atoms with Crippen LogP contribution in [-0.4, -0.2) is 0 Å². The zero-order valence-electron chi connectivity index (χ0n) is 15.8. The average molecular weight is 406 g/mol. The second-order valence-corrected chi connectivity index (χ2v) is 6.82. The molecule has 0 aliphatic carbocycles. The molecule has 3 aromatic carbocycles. The summed E-state index contributed by atoms with van der Waals surface area (Å²) in [5.74, 6) is -8.16. The molecule has 0 aromatic heterocycles. The Balaban J connectivity index is 2.41. The molecule has 0 aliphatic rings. The van der Waals surface area contributed by atoms with Crippen LogP contribution in [0.25, 0.3) is 11.6 Å². The predicted molar refractivity (Wildman–Crippen MR) is 100 cm³/mol. The highest BCUT2D eigenvalue weighted by Crippen LogP contribution is 2.35. The van der Waals surface area contributed by atoms with Crippen molar-refractivity contribution in [1.82, 2.24) is 0 Å². The smallest absolute Gasteiger partial charge is 0.170 e. The minimum Gasteiger partial charge on any atom is -0.206 e. The summed E-state index contributed by atoms with van der Waals surface area (Å²) in [6.45, 7) is 4.12. The Morgan fingerprint density at radius 2 is 1.17 bits per heavy atom. The first-order valence-electron chi connectivity index (χ1n) is 8.69. The summed E-state index contributed by atoms with van der Waals surface area (Å²) < 4.78 is 86.7. The number of hydrogen-bond acceptors (Lipinski definition) is 0. The number of hydrogen-bond donors (Lipinski definition) is 0. The van der Waals surface area contributed by atoms with E-state index < -0.39 is 51.6 Å². The Bertz CT molecular complexity index is 1120. The van der Waals surface area contributed by atoms with E-state index in [4.69, 9.17) is 0 Å². The van der Waals surface area contributed by atoms with E-state index in [9.17, 15) is 26.3 Å². The van der Waals surface area contributed by atoms with E-state index >= 15 is 0 Å². The summed E-state index contributed by atoms with van der Waals surface area (Å²) in [7, 11) is 0.